The zero-order valence-corrected chi connectivity index (χ0v) is 15.4. The molecule has 0 radical (unpaired) electrons. The van der Waals surface area contributed by atoms with E-state index in [2.05, 4.69) is 11.1 Å². The van der Waals surface area contributed by atoms with E-state index in [1.54, 1.807) is 18.2 Å². The van der Waals surface area contributed by atoms with Gasteiger partial charge in [-0.15, -0.1) is 11.3 Å². The van der Waals surface area contributed by atoms with Gasteiger partial charge in [-0.25, -0.2) is 9.78 Å². The Hall–Kier alpha value is -3.32. The molecular formula is C20H14N2O4S. The molecule has 0 bridgehead atoms. The number of aryl methyl sites for hydroxylation is 2. The van der Waals surface area contributed by atoms with E-state index in [0.717, 1.165) is 16.8 Å². The summed E-state index contributed by atoms with van der Waals surface area (Å²) in [6, 6.07) is 12.3. The second-order valence-corrected chi connectivity index (χ2v) is 7.11. The third kappa shape index (κ3) is 3.02. The summed E-state index contributed by atoms with van der Waals surface area (Å²) in [6.07, 6.45) is 0. The third-order valence-electron chi connectivity index (χ3n) is 4.33. The Balaban J connectivity index is 1.84. The zero-order chi connectivity index (χ0) is 19.1. The second-order valence-electron chi connectivity index (χ2n) is 6.26. The molecule has 2 heterocycles. The highest BCUT2D eigenvalue weighted by atomic mass is 32.1. The molecule has 6 nitrogen and oxygen atoms in total. The van der Waals surface area contributed by atoms with Crippen molar-refractivity contribution in [3.05, 3.63) is 79.5 Å². The highest BCUT2D eigenvalue weighted by Crippen LogP contribution is 2.32. The van der Waals surface area contributed by atoms with Crippen LogP contribution in [0.1, 0.15) is 11.1 Å². The number of fused-ring (bicyclic) bond motifs is 1. The molecule has 0 aliphatic carbocycles. The lowest BCUT2D eigenvalue weighted by molar-refractivity contribution is -0.383. The van der Waals surface area contributed by atoms with Gasteiger partial charge in [0, 0.05) is 22.4 Å². The zero-order valence-electron chi connectivity index (χ0n) is 14.6. The molecule has 0 fully saturated rings. The van der Waals surface area contributed by atoms with Crippen LogP contribution < -0.4 is 5.63 Å². The average Bonchev–Trinajstić information content (AvgIpc) is 3.10. The van der Waals surface area contributed by atoms with Crippen LogP contribution in [0, 0.1) is 24.0 Å². The maximum Gasteiger partial charge on any atom is 0.346 e. The van der Waals surface area contributed by atoms with Gasteiger partial charge in [0.2, 0.25) is 5.58 Å². The summed E-state index contributed by atoms with van der Waals surface area (Å²) in [5.74, 6) is 0. The van der Waals surface area contributed by atoms with Crippen LogP contribution in [-0.2, 0) is 0 Å². The molecule has 0 N–H and O–H groups in total. The summed E-state index contributed by atoms with van der Waals surface area (Å²) in [5.41, 5.74) is 3.46. The lowest BCUT2D eigenvalue weighted by Gasteiger charge is -2.03. The topological polar surface area (TPSA) is 86.2 Å². The van der Waals surface area contributed by atoms with E-state index in [1.807, 2.05) is 31.4 Å². The van der Waals surface area contributed by atoms with Crippen molar-refractivity contribution in [3.63, 3.8) is 0 Å². The van der Waals surface area contributed by atoms with Crippen molar-refractivity contribution in [1.29, 1.82) is 0 Å². The summed E-state index contributed by atoms with van der Waals surface area (Å²) < 4.78 is 5.26. The highest BCUT2D eigenvalue weighted by Gasteiger charge is 2.18. The molecule has 27 heavy (non-hydrogen) atoms. The summed E-state index contributed by atoms with van der Waals surface area (Å²) >= 11 is 1.34. The molecule has 0 aliphatic heterocycles. The third-order valence-corrected chi connectivity index (χ3v) is 5.20. The van der Waals surface area contributed by atoms with Crippen molar-refractivity contribution >= 4 is 28.0 Å². The van der Waals surface area contributed by atoms with Crippen LogP contribution >= 0.6 is 11.3 Å². The molecule has 4 aromatic rings. The Labute approximate surface area is 157 Å². The van der Waals surface area contributed by atoms with Crippen molar-refractivity contribution < 1.29 is 9.34 Å². The molecular weight excluding hydrogens is 364 g/mol. The number of aromatic nitrogens is 1. The standard InChI is InChI=1S/C20H14N2O4S/c1-11-6-7-14(12(2)8-11)16-10-27-19(21-16)15-9-13-4-3-5-17(22(24)25)18(13)26-20(15)23/h3-10H,1-2H3. The fraction of sp³-hybridized carbons (Fsp3) is 0.100. The number of para-hydroxylation sites is 1. The summed E-state index contributed by atoms with van der Waals surface area (Å²) in [7, 11) is 0. The van der Waals surface area contributed by atoms with E-state index in [9.17, 15) is 14.9 Å². The van der Waals surface area contributed by atoms with Crippen molar-refractivity contribution in [2.24, 2.45) is 0 Å². The minimum Gasteiger partial charge on any atom is -0.415 e. The van der Waals surface area contributed by atoms with Gasteiger partial charge in [0.15, 0.2) is 0 Å². The molecule has 2 aromatic heterocycles. The molecule has 0 spiro atoms. The fourth-order valence-corrected chi connectivity index (χ4v) is 3.87. The number of rotatable bonds is 3. The lowest BCUT2D eigenvalue weighted by atomic mass is 10.0. The fourth-order valence-electron chi connectivity index (χ4n) is 3.04. The van der Waals surface area contributed by atoms with Gasteiger partial charge in [0.1, 0.15) is 5.01 Å². The van der Waals surface area contributed by atoms with E-state index >= 15 is 0 Å². The van der Waals surface area contributed by atoms with E-state index in [4.69, 9.17) is 4.42 Å². The maximum absolute atomic E-state index is 12.4. The van der Waals surface area contributed by atoms with Gasteiger partial charge >= 0.3 is 11.3 Å². The van der Waals surface area contributed by atoms with E-state index in [1.165, 1.54) is 23.0 Å². The normalized spacial score (nSPS) is 11.0. The van der Waals surface area contributed by atoms with Crippen molar-refractivity contribution in [2.45, 2.75) is 13.8 Å². The van der Waals surface area contributed by atoms with Gasteiger partial charge in [-0.3, -0.25) is 10.1 Å². The van der Waals surface area contributed by atoms with Crippen LogP contribution in [0.5, 0.6) is 0 Å². The average molecular weight is 378 g/mol. The molecule has 0 unspecified atom stereocenters. The molecule has 0 amide bonds. The highest BCUT2D eigenvalue weighted by molar-refractivity contribution is 7.13. The largest absolute Gasteiger partial charge is 0.415 e. The molecule has 0 saturated carbocycles. The first-order valence-electron chi connectivity index (χ1n) is 8.19. The number of hydrogen-bond acceptors (Lipinski definition) is 6. The number of nitrogens with zero attached hydrogens (tertiary/aromatic N) is 2. The first-order chi connectivity index (χ1) is 12.9. The smallest absolute Gasteiger partial charge is 0.346 e. The second kappa shape index (κ2) is 6.44. The molecule has 0 atom stereocenters. The number of benzene rings is 2. The molecule has 0 saturated heterocycles. The summed E-state index contributed by atoms with van der Waals surface area (Å²) in [4.78, 5) is 27.6. The van der Waals surface area contributed by atoms with Gasteiger partial charge in [0.25, 0.3) is 0 Å². The Bertz CT molecular complexity index is 1260. The number of nitro groups is 1. The first kappa shape index (κ1) is 17.1. The van der Waals surface area contributed by atoms with Crippen molar-refractivity contribution in [3.8, 4) is 21.8 Å². The van der Waals surface area contributed by atoms with Gasteiger partial charge in [-0.1, -0.05) is 35.9 Å². The van der Waals surface area contributed by atoms with Crippen molar-refractivity contribution in [1.82, 2.24) is 4.98 Å². The Morgan fingerprint density at radius 3 is 2.67 bits per heavy atom. The molecule has 134 valence electrons. The quantitative estimate of drug-likeness (QED) is 0.281. The predicted molar refractivity (Wildman–Crippen MR) is 105 cm³/mol. The molecule has 2 aromatic carbocycles. The van der Waals surface area contributed by atoms with Gasteiger partial charge in [-0.05, 0) is 25.5 Å². The van der Waals surface area contributed by atoms with Gasteiger partial charge in [0.05, 0.1) is 16.2 Å². The minimum atomic E-state index is -0.640. The Kier molecular flexibility index (Phi) is 4.08. The van der Waals surface area contributed by atoms with Crippen LogP contribution in [-0.4, -0.2) is 9.91 Å². The predicted octanol–water partition coefficient (Wildman–Crippen LogP) is 5.11. The molecule has 4 rings (SSSR count). The summed E-state index contributed by atoms with van der Waals surface area (Å²) in [6.45, 7) is 4.05. The first-order valence-corrected chi connectivity index (χ1v) is 9.07. The van der Waals surface area contributed by atoms with E-state index in [0.29, 0.717) is 16.0 Å². The number of non-ortho nitro benzene ring substituents is 1. The molecule has 7 heteroatoms. The maximum atomic E-state index is 12.4. The van der Waals surface area contributed by atoms with Crippen LogP contribution in [0.3, 0.4) is 0 Å². The van der Waals surface area contributed by atoms with Crippen LogP contribution in [0.4, 0.5) is 5.69 Å². The van der Waals surface area contributed by atoms with Crippen LogP contribution in [0.2, 0.25) is 0 Å². The van der Waals surface area contributed by atoms with Crippen LogP contribution in [0.25, 0.3) is 32.8 Å². The summed E-state index contributed by atoms with van der Waals surface area (Å²) in [5, 5.41) is 14.0. The monoisotopic (exact) mass is 378 g/mol. The minimum absolute atomic E-state index is 0.0255. The Morgan fingerprint density at radius 1 is 1.11 bits per heavy atom. The van der Waals surface area contributed by atoms with Gasteiger partial charge < -0.3 is 4.42 Å². The van der Waals surface area contributed by atoms with Gasteiger partial charge in [-0.2, -0.15) is 0 Å². The number of hydrogen-bond donors (Lipinski definition) is 0. The van der Waals surface area contributed by atoms with Crippen molar-refractivity contribution in [2.75, 3.05) is 0 Å². The SMILES string of the molecule is Cc1ccc(-c2csc(-c3cc4cccc([N+](=O)[O-])c4oc3=O)n2)c(C)c1. The number of nitro benzene ring substituents is 1. The Morgan fingerprint density at radius 2 is 1.93 bits per heavy atom. The van der Waals surface area contributed by atoms with E-state index < -0.39 is 10.5 Å². The van der Waals surface area contributed by atoms with Crippen LogP contribution in [0.15, 0.2) is 57.1 Å². The van der Waals surface area contributed by atoms with E-state index in [-0.39, 0.29) is 11.3 Å². The number of thiazole rings is 1. The lowest BCUT2D eigenvalue weighted by Crippen LogP contribution is -2.03. The molecule has 0 aliphatic rings.